The van der Waals surface area contributed by atoms with Crippen LogP contribution >= 0.6 is 0 Å². The molecule has 0 aliphatic rings. The van der Waals surface area contributed by atoms with E-state index in [0.29, 0.717) is 6.04 Å². The number of nitrogens with zero attached hydrogens (tertiary/aromatic N) is 2. The zero-order valence-corrected chi connectivity index (χ0v) is 13.0. The second-order valence-corrected chi connectivity index (χ2v) is 5.54. The first-order chi connectivity index (χ1) is 9.76. The number of fused-ring (bicyclic) bond motifs is 1. The zero-order valence-electron chi connectivity index (χ0n) is 13.0. The monoisotopic (exact) mass is 273 g/mol. The Balaban J connectivity index is 2.11. The number of aromatic nitrogens is 2. The Kier molecular flexibility index (Phi) is 5.60. The standard InChI is InChI=1S/C17H27N3/c1-4-6-7-10-14(18-5-2)13-16-15-11-8-9-12-17(15)20(3)19-16/h8-9,11-12,14,18H,4-7,10,13H2,1-3H3. The molecule has 3 heteroatoms. The summed E-state index contributed by atoms with van der Waals surface area (Å²) in [5.41, 5.74) is 2.46. The number of rotatable bonds is 8. The fourth-order valence-electron chi connectivity index (χ4n) is 2.88. The Morgan fingerprint density at radius 3 is 2.75 bits per heavy atom. The largest absolute Gasteiger partial charge is 0.314 e. The number of nitrogens with one attached hydrogen (secondary N) is 1. The molecule has 0 aliphatic heterocycles. The second-order valence-electron chi connectivity index (χ2n) is 5.54. The van der Waals surface area contributed by atoms with Crippen LogP contribution in [0.1, 0.15) is 45.2 Å². The summed E-state index contributed by atoms with van der Waals surface area (Å²) in [6.07, 6.45) is 6.18. The van der Waals surface area contributed by atoms with Crippen LogP contribution in [-0.2, 0) is 13.5 Å². The molecule has 1 atom stereocenters. The molecule has 1 aromatic heterocycles. The average molecular weight is 273 g/mol. The van der Waals surface area contributed by atoms with Gasteiger partial charge in [-0.25, -0.2) is 0 Å². The summed E-state index contributed by atoms with van der Waals surface area (Å²) in [7, 11) is 2.03. The normalized spacial score (nSPS) is 12.9. The number of likely N-dealkylation sites (N-methyl/N-ethyl adjacent to an activating group) is 1. The smallest absolute Gasteiger partial charge is 0.0718 e. The molecule has 0 aliphatic carbocycles. The van der Waals surface area contributed by atoms with E-state index in [4.69, 9.17) is 5.10 Å². The number of hydrogen-bond donors (Lipinski definition) is 1. The van der Waals surface area contributed by atoms with Gasteiger partial charge in [0.15, 0.2) is 0 Å². The van der Waals surface area contributed by atoms with Gasteiger partial charge < -0.3 is 5.32 Å². The molecule has 1 aromatic carbocycles. The van der Waals surface area contributed by atoms with Crippen LogP contribution in [0.15, 0.2) is 24.3 Å². The van der Waals surface area contributed by atoms with E-state index >= 15 is 0 Å². The molecule has 2 aromatic rings. The molecule has 0 fully saturated rings. The fourth-order valence-corrected chi connectivity index (χ4v) is 2.88. The zero-order chi connectivity index (χ0) is 14.4. The molecule has 3 nitrogen and oxygen atoms in total. The van der Waals surface area contributed by atoms with Crippen LogP contribution in [-0.4, -0.2) is 22.4 Å². The minimum Gasteiger partial charge on any atom is -0.314 e. The topological polar surface area (TPSA) is 29.9 Å². The third-order valence-corrected chi connectivity index (χ3v) is 3.92. The van der Waals surface area contributed by atoms with E-state index in [1.165, 1.54) is 42.3 Å². The number of benzene rings is 1. The van der Waals surface area contributed by atoms with Gasteiger partial charge >= 0.3 is 0 Å². The Morgan fingerprint density at radius 2 is 2.00 bits per heavy atom. The molecular weight excluding hydrogens is 246 g/mol. The molecule has 1 heterocycles. The van der Waals surface area contributed by atoms with E-state index in [-0.39, 0.29) is 0 Å². The predicted octanol–water partition coefficient (Wildman–Crippen LogP) is 3.67. The molecule has 2 rings (SSSR count). The van der Waals surface area contributed by atoms with Gasteiger partial charge in [0.2, 0.25) is 0 Å². The van der Waals surface area contributed by atoms with Gasteiger partial charge in [0.05, 0.1) is 11.2 Å². The molecule has 110 valence electrons. The number of unbranched alkanes of at least 4 members (excludes halogenated alkanes) is 2. The maximum Gasteiger partial charge on any atom is 0.0718 e. The van der Waals surface area contributed by atoms with Gasteiger partial charge in [-0.2, -0.15) is 5.10 Å². The first-order valence-electron chi connectivity index (χ1n) is 7.90. The van der Waals surface area contributed by atoms with Gasteiger partial charge in [-0.1, -0.05) is 51.3 Å². The van der Waals surface area contributed by atoms with E-state index in [9.17, 15) is 0 Å². The highest BCUT2D eigenvalue weighted by Gasteiger charge is 2.14. The first-order valence-corrected chi connectivity index (χ1v) is 7.90. The molecule has 0 saturated carbocycles. The highest BCUT2D eigenvalue weighted by molar-refractivity contribution is 5.81. The Morgan fingerprint density at radius 1 is 1.20 bits per heavy atom. The van der Waals surface area contributed by atoms with Gasteiger partial charge in [-0.05, 0) is 19.0 Å². The lowest BCUT2D eigenvalue weighted by molar-refractivity contribution is 0.462. The molecule has 0 amide bonds. The van der Waals surface area contributed by atoms with Gasteiger partial charge in [-0.15, -0.1) is 0 Å². The maximum atomic E-state index is 4.72. The number of para-hydroxylation sites is 1. The summed E-state index contributed by atoms with van der Waals surface area (Å²) in [6, 6.07) is 9.06. The minimum atomic E-state index is 0.546. The third kappa shape index (κ3) is 3.60. The molecule has 0 radical (unpaired) electrons. The van der Waals surface area contributed by atoms with Crippen LogP contribution in [0.2, 0.25) is 0 Å². The number of aryl methyl sites for hydroxylation is 1. The highest BCUT2D eigenvalue weighted by Crippen LogP contribution is 2.20. The third-order valence-electron chi connectivity index (χ3n) is 3.92. The van der Waals surface area contributed by atoms with Gasteiger partial charge in [0.1, 0.15) is 0 Å². The van der Waals surface area contributed by atoms with Gasteiger partial charge in [0.25, 0.3) is 0 Å². The fraction of sp³-hybridized carbons (Fsp3) is 0.588. The summed E-state index contributed by atoms with van der Waals surface area (Å²) in [5, 5.41) is 9.63. The first kappa shape index (κ1) is 15.0. The SMILES string of the molecule is CCCCCC(Cc1nn(C)c2ccccc12)NCC. The minimum absolute atomic E-state index is 0.546. The summed E-state index contributed by atoms with van der Waals surface area (Å²) in [5.74, 6) is 0. The van der Waals surface area contributed by atoms with Crippen molar-refractivity contribution in [2.24, 2.45) is 7.05 Å². The van der Waals surface area contributed by atoms with Crippen LogP contribution in [0.3, 0.4) is 0 Å². The van der Waals surface area contributed by atoms with Crippen molar-refractivity contribution in [3.05, 3.63) is 30.0 Å². The Labute approximate surface area is 122 Å². The average Bonchev–Trinajstić information content (AvgIpc) is 2.77. The molecule has 0 saturated heterocycles. The van der Waals surface area contributed by atoms with E-state index in [2.05, 4.69) is 43.4 Å². The lowest BCUT2D eigenvalue weighted by Gasteiger charge is -2.16. The summed E-state index contributed by atoms with van der Waals surface area (Å²) in [6.45, 7) is 5.47. The summed E-state index contributed by atoms with van der Waals surface area (Å²) < 4.78 is 2.00. The van der Waals surface area contributed by atoms with Crippen LogP contribution in [0.4, 0.5) is 0 Å². The van der Waals surface area contributed by atoms with Crippen LogP contribution in [0.25, 0.3) is 10.9 Å². The van der Waals surface area contributed by atoms with Crippen molar-refractivity contribution in [2.75, 3.05) is 6.54 Å². The van der Waals surface area contributed by atoms with Gasteiger partial charge in [-0.3, -0.25) is 4.68 Å². The Hall–Kier alpha value is -1.35. The van der Waals surface area contributed by atoms with Crippen LogP contribution in [0.5, 0.6) is 0 Å². The van der Waals surface area contributed by atoms with E-state index in [1.807, 2.05) is 11.7 Å². The van der Waals surface area contributed by atoms with Crippen molar-refractivity contribution in [2.45, 2.75) is 52.0 Å². The van der Waals surface area contributed by atoms with Crippen LogP contribution < -0.4 is 5.32 Å². The van der Waals surface area contributed by atoms with Crippen molar-refractivity contribution in [3.8, 4) is 0 Å². The lowest BCUT2D eigenvalue weighted by atomic mass is 10.0. The van der Waals surface area contributed by atoms with E-state index < -0.39 is 0 Å². The van der Waals surface area contributed by atoms with E-state index in [0.717, 1.165) is 13.0 Å². The highest BCUT2D eigenvalue weighted by atomic mass is 15.3. The van der Waals surface area contributed by atoms with Crippen molar-refractivity contribution in [3.63, 3.8) is 0 Å². The predicted molar refractivity (Wildman–Crippen MR) is 86.0 cm³/mol. The molecule has 0 spiro atoms. The molecular formula is C17H27N3. The number of hydrogen-bond acceptors (Lipinski definition) is 2. The van der Waals surface area contributed by atoms with Gasteiger partial charge in [0, 0.05) is 24.9 Å². The lowest BCUT2D eigenvalue weighted by Crippen LogP contribution is -2.31. The van der Waals surface area contributed by atoms with Crippen molar-refractivity contribution >= 4 is 10.9 Å². The van der Waals surface area contributed by atoms with Crippen LogP contribution in [0, 0.1) is 0 Å². The summed E-state index contributed by atoms with van der Waals surface area (Å²) >= 11 is 0. The van der Waals surface area contributed by atoms with Crippen molar-refractivity contribution in [1.29, 1.82) is 0 Å². The van der Waals surface area contributed by atoms with Crippen molar-refractivity contribution < 1.29 is 0 Å². The second kappa shape index (κ2) is 7.44. The maximum absolute atomic E-state index is 4.72. The summed E-state index contributed by atoms with van der Waals surface area (Å²) in [4.78, 5) is 0. The molecule has 1 unspecified atom stereocenters. The van der Waals surface area contributed by atoms with Crippen molar-refractivity contribution in [1.82, 2.24) is 15.1 Å². The van der Waals surface area contributed by atoms with E-state index in [1.54, 1.807) is 0 Å². The Bertz CT molecular complexity index is 530. The molecule has 20 heavy (non-hydrogen) atoms. The molecule has 0 bridgehead atoms. The molecule has 1 N–H and O–H groups in total. The quantitative estimate of drug-likeness (QED) is 0.744.